The van der Waals surface area contributed by atoms with Crippen molar-refractivity contribution in [3.8, 4) is 0 Å². The fraction of sp³-hybridized carbons (Fsp3) is 0.455. The van der Waals surface area contributed by atoms with Crippen molar-refractivity contribution in [2.75, 3.05) is 5.32 Å². The van der Waals surface area contributed by atoms with E-state index in [1.54, 1.807) is 13.0 Å². The lowest BCUT2D eigenvalue weighted by molar-refractivity contribution is -0.384. The largest absolute Gasteiger partial charge is 0.377 e. The SMILES string of the molecule is CCC(C)Nc1cc(Cl)c(C)cc1[N+](=O)[O-]. The van der Waals surface area contributed by atoms with E-state index in [9.17, 15) is 10.1 Å². The second-order valence-corrected chi connectivity index (χ2v) is 4.24. The van der Waals surface area contributed by atoms with E-state index in [4.69, 9.17) is 11.6 Å². The first-order valence-electron chi connectivity index (χ1n) is 5.16. The first-order chi connectivity index (χ1) is 7.45. The smallest absolute Gasteiger partial charge is 0.292 e. The Morgan fingerprint density at radius 2 is 2.19 bits per heavy atom. The molecule has 0 radical (unpaired) electrons. The van der Waals surface area contributed by atoms with Crippen LogP contribution in [0.3, 0.4) is 0 Å². The molecule has 1 unspecified atom stereocenters. The molecule has 0 aliphatic carbocycles. The van der Waals surface area contributed by atoms with Gasteiger partial charge in [-0.1, -0.05) is 18.5 Å². The van der Waals surface area contributed by atoms with Crippen LogP contribution >= 0.6 is 11.6 Å². The Morgan fingerprint density at radius 1 is 1.56 bits per heavy atom. The van der Waals surface area contributed by atoms with Crippen LogP contribution in [0.2, 0.25) is 5.02 Å². The molecular formula is C11H15ClN2O2. The number of rotatable bonds is 4. The van der Waals surface area contributed by atoms with Crippen LogP contribution in [0.1, 0.15) is 25.8 Å². The summed E-state index contributed by atoms with van der Waals surface area (Å²) in [7, 11) is 0. The van der Waals surface area contributed by atoms with Gasteiger partial charge in [0.1, 0.15) is 5.69 Å². The first-order valence-corrected chi connectivity index (χ1v) is 5.54. The van der Waals surface area contributed by atoms with Gasteiger partial charge in [0.25, 0.3) is 5.69 Å². The van der Waals surface area contributed by atoms with E-state index in [-0.39, 0.29) is 11.7 Å². The molecule has 0 amide bonds. The predicted octanol–water partition coefficient (Wildman–Crippen LogP) is 3.77. The summed E-state index contributed by atoms with van der Waals surface area (Å²) >= 11 is 5.95. The molecule has 0 heterocycles. The summed E-state index contributed by atoms with van der Waals surface area (Å²) < 4.78 is 0. The Bertz CT molecular complexity index is 407. The van der Waals surface area contributed by atoms with Gasteiger partial charge in [0, 0.05) is 17.1 Å². The molecular weight excluding hydrogens is 228 g/mol. The Morgan fingerprint density at radius 3 is 2.69 bits per heavy atom. The maximum absolute atomic E-state index is 10.9. The monoisotopic (exact) mass is 242 g/mol. The van der Waals surface area contributed by atoms with Crippen molar-refractivity contribution >= 4 is 23.0 Å². The van der Waals surface area contributed by atoms with Crippen molar-refractivity contribution in [3.63, 3.8) is 0 Å². The second-order valence-electron chi connectivity index (χ2n) is 3.83. The van der Waals surface area contributed by atoms with E-state index in [2.05, 4.69) is 5.32 Å². The Hall–Kier alpha value is -1.29. The molecule has 0 saturated heterocycles. The highest BCUT2D eigenvalue weighted by Crippen LogP contribution is 2.31. The van der Waals surface area contributed by atoms with Crippen molar-refractivity contribution in [1.82, 2.24) is 0 Å². The molecule has 0 saturated carbocycles. The summed E-state index contributed by atoms with van der Waals surface area (Å²) in [6, 6.07) is 3.28. The third-order valence-corrected chi connectivity index (χ3v) is 2.90. The summed E-state index contributed by atoms with van der Waals surface area (Å²) in [4.78, 5) is 10.5. The molecule has 0 fully saturated rings. The fourth-order valence-corrected chi connectivity index (χ4v) is 1.46. The van der Waals surface area contributed by atoms with Crippen LogP contribution in [0.5, 0.6) is 0 Å². The lowest BCUT2D eigenvalue weighted by Gasteiger charge is -2.14. The molecule has 1 atom stereocenters. The second kappa shape index (κ2) is 5.16. The molecule has 5 heteroatoms. The normalized spacial score (nSPS) is 12.2. The molecule has 0 aliphatic heterocycles. The number of hydrogen-bond acceptors (Lipinski definition) is 3. The molecule has 1 N–H and O–H groups in total. The van der Waals surface area contributed by atoms with Crippen LogP contribution in [-0.4, -0.2) is 11.0 Å². The lowest BCUT2D eigenvalue weighted by atomic mass is 10.1. The van der Waals surface area contributed by atoms with Gasteiger partial charge in [-0.3, -0.25) is 10.1 Å². The minimum absolute atomic E-state index is 0.0715. The van der Waals surface area contributed by atoms with Gasteiger partial charge in [-0.2, -0.15) is 0 Å². The maximum atomic E-state index is 10.9. The van der Waals surface area contributed by atoms with Crippen molar-refractivity contribution in [2.24, 2.45) is 0 Å². The van der Waals surface area contributed by atoms with Gasteiger partial charge < -0.3 is 5.32 Å². The van der Waals surface area contributed by atoms with Crippen LogP contribution in [-0.2, 0) is 0 Å². The van der Waals surface area contributed by atoms with Gasteiger partial charge in [-0.15, -0.1) is 0 Å². The molecule has 0 bridgehead atoms. The summed E-state index contributed by atoms with van der Waals surface area (Å²) in [5.74, 6) is 0. The van der Waals surface area contributed by atoms with Crippen molar-refractivity contribution in [1.29, 1.82) is 0 Å². The van der Waals surface area contributed by atoms with Crippen molar-refractivity contribution in [3.05, 3.63) is 32.8 Å². The standard InChI is InChI=1S/C11H15ClN2O2/c1-4-8(3)13-10-6-9(12)7(2)5-11(10)14(15)16/h5-6,8,13H,4H2,1-3H3. The maximum Gasteiger partial charge on any atom is 0.292 e. The van der Waals surface area contributed by atoms with E-state index in [1.807, 2.05) is 13.8 Å². The summed E-state index contributed by atoms with van der Waals surface area (Å²) in [6.07, 6.45) is 0.892. The number of halogens is 1. The minimum atomic E-state index is -0.395. The zero-order valence-corrected chi connectivity index (χ0v) is 10.3. The molecule has 0 aromatic heterocycles. The van der Waals surface area contributed by atoms with Gasteiger partial charge in [-0.25, -0.2) is 0 Å². The number of nitrogens with one attached hydrogen (secondary N) is 1. The van der Waals surface area contributed by atoms with Crippen LogP contribution in [0.4, 0.5) is 11.4 Å². The number of hydrogen-bond donors (Lipinski definition) is 1. The Kier molecular flexibility index (Phi) is 4.12. The topological polar surface area (TPSA) is 55.2 Å². The first kappa shape index (κ1) is 12.8. The van der Waals surface area contributed by atoms with Gasteiger partial charge in [0.2, 0.25) is 0 Å². The Balaban J connectivity index is 3.14. The van der Waals surface area contributed by atoms with E-state index >= 15 is 0 Å². The highest BCUT2D eigenvalue weighted by molar-refractivity contribution is 6.31. The fourth-order valence-electron chi connectivity index (χ4n) is 1.30. The molecule has 0 aliphatic rings. The van der Waals surface area contributed by atoms with Gasteiger partial charge in [0.15, 0.2) is 0 Å². The quantitative estimate of drug-likeness (QED) is 0.646. The molecule has 88 valence electrons. The molecule has 4 nitrogen and oxygen atoms in total. The lowest BCUT2D eigenvalue weighted by Crippen LogP contribution is -2.14. The number of benzene rings is 1. The van der Waals surface area contributed by atoms with Crippen LogP contribution in [0.25, 0.3) is 0 Å². The highest BCUT2D eigenvalue weighted by Gasteiger charge is 2.16. The highest BCUT2D eigenvalue weighted by atomic mass is 35.5. The van der Waals surface area contributed by atoms with Crippen LogP contribution < -0.4 is 5.32 Å². The molecule has 1 aromatic rings. The third kappa shape index (κ3) is 2.85. The van der Waals surface area contributed by atoms with Crippen LogP contribution in [0, 0.1) is 17.0 Å². The molecule has 16 heavy (non-hydrogen) atoms. The molecule has 0 spiro atoms. The van der Waals surface area contributed by atoms with Gasteiger partial charge >= 0.3 is 0 Å². The minimum Gasteiger partial charge on any atom is -0.377 e. The van der Waals surface area contributed by atoms with Crippen molar-refractivity contribution < 1.29 is 4.92 Å². The van der Waals surface area contributed by atoms with Crippen molar-refractivity contribution in [2.45, 2.75) is 33.2 Å². The number of anilines is 1. The molecule has 1 rings (SSSR count). The third-order valence-electron chi connectivity index (χ3n) is 2.49. The average molecular weight is 243 g/mol. The van der Waals surface area contributed by atoms with E-state index in [1.165, 1.54) is 6.07 Å². The van der Waals surface area contributed by atoms with Gasteiger partial charge in [-0.05, 0) is 31.9 Å². The Labute approximate surface area is 99.8 Å². The number of nitro benzene ring substituents is 1. The zero-order valence-electron chi connectivity index (χ0n) is 9.58. The molecule has 1 aromatic carbocycles. The van der Waals surface area contributed by atoms with Gasteiger partial charge in [0.05, 0.1) is 4.92 Å². The summed E-state index contributed by atoms with van der Waals surface area (Å²) in [5.41, 5.74) is 1.26. The number of nitro groups is 1. The van der Waals surface area contributed by atoms with Crippen LogP contribution in [0.15, 0.2) is 12.1 Å². The predicted molar refractivity (Wildman–Crippen MR) is 66.2 cm³/mol. The van der Waals surface area contributed by atoms with E-state index in [0.29, 0.717) is 16.3 Å². The average Bonchev–Trinajstić information content (AvgIpc) is 2.22. The summed E-state index contributed by atoms with van der Waals surface area (Å²) in [6.45, 7) is 5.74. The zero-order chi connectivity index (χ0) is 12.3. The number of aryl methyl sites for hydroxylation is 1. The van der Waals surface area contributed by atoms with E-state index < -0.39 is 4.92 Å². The summed E-state index contributed by atoms with van der Waals surface area (Å²) in [5, 5.41) is 14.5. The number of nitrogens with zero attached hydrogens (tertiary/aromatic N) is 1. The van der Waals surface area contributed by atoms with E-state index in [0.717, 1.165) is 6.42 Å².